The maximum atomic E-state index is 11.1. The van der Waals surface area contributed by atoms with Crippen molar-refractivity contribution in [3.8, 4) is 0 Å². The molecule has 0 saturated carbocycles. The lowest BCUT2D eigenvalue weighted by Gasteiger charge is -2.00. The summed E-state index contributed by atoms with van der Waals surface area (Å²) in [7, 11) is 0. The Hall–Kier alpha value is -1.94. The molecule has 18 heavy (non-hydrogen) atoms. The second-order valence-corrected chi connectivity index (χ2v) is 4.53. The lowest BCUT2D eigenvalue weighted by atomic mass is 10.1. The Morgan fingerprint density at radius 2 is 1.67 bits per heavy atom. The van der Waals surface area contributed by atoms with Gasteiger partial charge in [-0.15, -0.1) is 0 Å². The Labute approximate surface area is 113 Å². The van der Waals surface area contributed by atoms with Crippen molar-refractivity contribution >= 4 is 27.7 Å². The van der Waals surface area contributed by atoms with Crippen molar-refractivity contribution in [1.29, 1.82) is 0 Å². The normalized spacial score (nSPS) is 11.3. The smallest absolute Gasteiger partial charge is 0.258 e. The highest BCUT2D eigenvalue weighted by Gasteiger charge is 2.14. The lowest BCUT2D eigenvalue weighted by Crippen LogP contribution is -1.97. The van der Waals surface area contributed by atoms with Crippen LogP contribution in [0.3, 0.4) is 0 Å². The van der Waals surface area contributed by atoms with Crippen LogP contribution in [0, 0.1) is 10.1 Å². The van der Waals surface area contributed by atoms with Gasteiger partial charge in [0.1, 0.15) is 0 Å². The van der Waals surface area contributed by atoms with E-state index in [2.05, 4.69) is 15.9 Å². The molecule has 0 amide bonds. The van der Waals surface area contributed by atoms with Crippen molar-refractivity contribution in [3.05, 3.63) is 80.3 Å². The fourth-order valence-corrected chi connectivity index (χ4v) is 1.99. The highest BCUT2D eigenvalue weighted by atomic mass is 79.9. The summed E-state index contributed by atoms with van der Waals surface area (Å²) < 4.78 is 0.834. The highest BCUT2D eigenvalue weighted by molar-refractivity contribution is 9.10. The molecule has 3 nitrogen and oxygen atoms in total. The largest absolute Gasteiger partial charge is 0.277 e. The zero-order valence-electron chi connectivity index (χ0n) is 9.42. The van der Waals surface area contributed by atoms with Crippen LogP contribution < -0.4 is 0 Å². The van der Waals surface area contributed by atoms with Crippen LogP contribution in [0.5, 0.6) is 0 Å². The minimum absolute atomic E-state index is 0.0856. The molecule has 0 atom stereocenters. The topological polar surface area (TPSA) is 43.1 Å². The fourth-order valence-electron chi connectivity index (χ4n) is 1.59. The number of nitrogens with zero attached hydrogens (tertiary/aromatic N) is 1. The van der Waals surface area contributed by atoms with Gasteiger partial charge in [0, 0.05) is 10.5 Å². The molecule has 0 aliphatic carbocycles. The first-order chi connectivity index (χ1) is 8.68. The van der Waals surface area contributed by atoms with Crippen molar-refractivity contribution < 1.29 is 4.92 Å². The van der Waals surface area contributed by atoms with Crippen LogP contribution in [-0.2, 0) is 0 Å². The zero-order valence-corrected chi connectivity index (χ0v) is 11.0. The maximum Gasteiger partial charge on any atom is 0.277 e. The molecule has 2 aromatic carbocycles. The highest BCUT2D eigenvalue weighted by Crippen LogP contribution is 2.23. The Morgan fingerprint density at radius 1 is 1.06 bits per heavy atom. The van der Waals surface area contributed by atoms with Gasteiger partial charge in [-0.2, -0.15) is 0 Å². The van der Waals surface area contributed by atoms with Crippen molar-refractivity contribution in [2.75, 3.05) is 0 Å². The average molecular weight is 304 g/mol. The predicted molar refractivity (Wildman–Crippen MR) is 75.4 cm³/mol. The fraction of sp³-hybridized carbons (Fsp3) is 0. The number of nitro groups is 1. The van der Waals surface area contributed by atoms with E-state index in [-0.39, 0.29) is 10.6 Å². The van der Waals surface area contributed by atoms with Gasteiger partial charge >= 0.3 is 0 Å². The number of benzene rings is 2. The second kappa shape index (κ2) is 5.60. The lowest BCUT2D eigenvalue weighted by molar-refractivity contribution is -0.374. The summed E-state index contributed by atoms with van der Waals surface area (Å²) in [6.45, 7) is 0. The molecule has 2 aromatic rings. The molecular weight excluding hydrogens is 294 g/mol. The third kappa shape index (κ3) is 2.84. The van der Waals surface area contributed by atoms with Gasteiger partial charge in [-0.25, -0.2) is 0 Å². The second-order valence-electron chi connectivity index (χ2n) is 3.67. The molecule has 0 fully saturated rings. The molecule has 0 unspecified atom stereocenters. The first-order valence-electron chi connectivity index (χ1n) is 5.34. The third-order valence-corrected chi connectivity index (χ3v) is 3.19. The molecule has 0 radical (unpaired) electrons. The van der Waals surface area contributed by atoms with E-state index in [1.165, 1.54) is 0 Å². The number of halogens is 1. The van der Waals surface area contributed by atoms with Crippen LogP contribution in [0.4, 0.5) is 0 Å². The molecule has 0 bridgehead atoms. The molecule has 0 aliphatic rings. The van der Waals surface area contributed by atoms with Gasteiger partial charge in [0.15, 0.2) is 0 Å². The maximum absolute atomic E-state index is 11.1. The Kier molecular flexibility index (Phi) is 3.89. The van der Waals surface area contributed by atoms with Gasteiger partial charge in [-0.1, -0.05) is 52.3 Å². The van der Waals surface area contributed by atoms with Crippen LogP contribution in [0.2, 0.25) is 0 Å². The van der Waals surface area contributed by atoms with E-state index < -0.39 is 0 Å². The molecule has 0 saturated heterocycles. The van der Waals surface area contributed by atoms with Gasteiger partial charge in [-0.3, -0.25) is 10.1 Å². The van der Waals surface area contributed by atoms with Crippen LogP contribution in [0.25, 0.3) is 11.8 Å². The molecule has 0 aromatic heterocycles. The SMILES string of the molecule is O=[N+]([O-])C(=Cc1ccccc1Br)c1ccccc1. The van der Waals surface area contributed by atoms with Crippen LogP contribution >= 0.6 is 15.9 Å². The minimum atomic E-state index is -0.366. The van der Waals surface area contributed by atoms with E-state index in [1.807, 2.05) is 30.3 Å². The van der Waals surface area contributed by atoms with Gasteiger partial charge < -0.3 is 0 Å². The third-order valence-electron chi connectivity index (χ3n) is 2.46. The summed E-state index contributed by atoms with van der Waals surface area (Å²) in [5.74, 6) is 0. The first kappa shape index (κ1) is 12.5. The van der Waals surface area contributed by atoms with E-state index in [9.17, 15) is 10.1 Å². The Morgan fingerprint density at radius 3 is 2.28 bits per heavy atom. The summed E-state index contributed by atoms with van der Waals surface area (Å²) in [5, 5.41) is 11.1. The van der Waals surface area contributed by atoms with Crippen molar-refractivity contribution in [3.63, 3.8) is 0 Å². The first-order valence-corrected chi connectivity index (χ1v) is 6.14. The van der Waals surface area contributed by atoms with Gasteiger partial charge in [0.25, 0.3) is 5.70 Å². The number of hydrogen-bond donors (Lipinski definition) is 0. The summed E-state index contributed by atoms with van der Waals surface area (Å²) >= 11 is 3.38. The molecule has 4 heteroatoms. The summed E-state index contributed by atoms with van der Waals surface area (Å²) in [5.41, 5.74) is 1.47. The standard InChI is InChI=1S/C14H10BrNO2/c15-13-9-5-4-8-12(13)10-14(16(17)18)11-6-2-1-3-7-11/h1-10H. The van der Waals surface area contributed by atoms with Crippen LogP contribution in [0.1, 0.15) is 11.1 Å². The van der Waals surface area contributed by atoms with E-state index in [0.717, 1.165) is 10.0 Å². The number of rotatable bonds is 3. The van der Waals surface area contributed by atoms with Crippen molar-refractivity contribution in [1.82, 2.24) is 0 Å². The molecule has 0 spiro atoms. The van der Waals surface area contributed by atoms with Crippen molar-refractivity contribution in [2.45, 2.75) is 0 Å². The molecule has 2 rings (SSSR count). The zero-order chi connectivity index (χ0) is 13.0. The monoisotopic (exact) mass is 303 g/mol. The minimum Gasteiger partial charge on any atom is -0.258 e. The predicted octanol–water partition coefficient (Wildman–Crippen LogP) is 4.22. The van der Waals surface area contributed by atoms with Gasteiger partial charge in [-0.05, 0) is 23.8 Å². The van der Waals surface area contributed by atoms with E-state index in [0.29, 0.717) is 5.56 Å². The van der Waals surface area contributed by atoms with E-state index >= 15 is 0 Å². The quantitative estimate of drug-likeness (QED) is 0.484. The molecule has 0 N–H and O–H groups in total. The van der Waals surface area contributed by atoms with E-state index in [1.54, 1.807) is 30.3 Å². The van der Waals surface area contributed by atoms with Crippen LogP contribution in [-0.4, -0.2) is 4.92 Å². The summed E-state index contributed by atoms with van der Waals surface area (Å²) in [6, 6.07) is 16.3. The van der Waals surface area contributed by atoms with E-state index in [4.69, 9.17) is 0 Å². The average Bonchev–Trinajstić information content (AvgIpc) is 2.38. The molecular formula is C14H10BrNO2. The van der Waals surface area contributed by atoms with Gasteiger partial charge in [0.05, 0.1) is 10.5 Å². The van der Waals surface area contributed by atoms with Crippen LogP contribution in [0.15, 0.2) is 59.1 Å². The molecule has 0 aliphatic heterocycles. The molecule has 0 heterocycles. The number of hydrogen-bond acceptors (Lipinski definition) is 2. The summed E-state index contributed by atoms with van der Waals surface area (Å²) in [6.07, 6.45) is 1.57. The summed E-state index contributed by atoms with van der Waals surface area (Å²) in [4.78, 5) is 10.8. The Balaban J connectivity index is 2.50. The molecule has 90 valence electrons. The van der Waals surface area contributed by atoms with Gasteiger partial charge in [0.2, 0.25) is 0 Å². The Bertz CT molecular complexity index is 594. The van der Waals surface area contributed by atoms with Crippen molar-refractivity contribution in [2.24, 2.45) is 0 Å².